The van der Waals surface area contributed by atoms with Crippen LogP contribution in [0.25, 0.3) is 11.1 Å². The summed E-state index contributed by atoms with van der Waals surface area (Å²) < 4.78 is 5.27. The Balaban J connectivity index is 1.98. The number of nitrogens with zero attached hydrogens (tertiary/aromatic N) is 1. The smallest absolute Gasteiger partial charge is 0.230 e. The molecule has 0 radical (unpaired) electrons. The van der Waals surface area contributed by atoms with Crippen molar-refractivity contribution >= 4 is 5.88 Å². The summed E-state index contributed by atoms with van der Waals surface area (Å²) in [5, 5.41) is 4.23. The molecule has 0 unspecified atom stereocenters. The highest BCUT2D eigenvalue weighted by molar-refractivity contribution is 5.75. The highest BCUT2D eigenvalue weighted by Gasteiger charge is 2.26. The second-order valence-corrected chi connectivity index (χ2v) is 6.07. The number of aromatic nitrogens is 1. The average Bonchev–Trinajstić information content (AvgIpc) is 3.07. The lowest BCUT2D eigenvalue weighted by Crippen LogP contribution is -1.97. The predicted octanol–water partition coefficient (Wildman–Crippen LogP) is 4.70. The number of nitrogen functional groups attached to an aromatic ring is 1. The van der Waals surface area contributed by atoms with Gasteiger partial charge in [0, 0.05) is 5.92 Å². The van der Waals surface area contributed by atoms with E-state index in [1.807, 2.05) is 0 Å². The van der Waals surface area contributed by atoms with E-state index < -0.39 is 0 Å². The molecular weight excluding hydrogens is 248 g/mol. The van der Waals surface area contributed by atoms with Crippen LogP contribution in [-0.2, 0) is 0 Å². The third-order valence-electron chi connectivity index (χ3n) is 4.35. The summed E-state index contributed by atoms with van der Waals surface area (Å²) in [6, 6.07) is 8.61. The van der Waals surface area contributed by atoms with Gasteiger partial charge in [-0.15, -0.1) is 0 Å². The van der Waals surface area contributed by atoms with Gasteiger partial charge in [0.25, 0.3) is 0 Å². The summed E-state index contributed by atoms with van der Waals surface area (Å²) in [7, 11) is 0. The maximum Gasteiger partial charge on any atom is 0.230 e. The molecule has 20 heavy (non-hydrogen) atoms. The van der Waals surface area contributed by atoms with Crippen molar-refractivity contribution in [2.45, 2.75) is 51.4 Å². The molecule has 0 amide bonds. The number of hydrogen-bond donors (Lipinski definition) is 1. The number of anilines is 1. The zero-order chi connectivity index (χ0) is 14.1. The molecular formula is C17H22N2O. The van der Waals surface area contributed by atoms with Crippen molar-refractivity contribution in [3.63, 3.8) is 0 Å². The van der Waals surface area contributed by atoms with Gasteiger partial charge < -0.3 is 10.3 Å². The predicted molar refractivity (Wildman–Crippen MR) is 81.6 cm³/mol. The average molecular weight is 270 g/mol. The molecule has 0 bridgehead atoms. The summed E-state index contributed by atoms with van der Waals surface area (Å²) in [4.78, 5) is 0. The molecule has 106 valence electrons. The Morgan fingerprint density at radius 2 is 1.80 bits per heavy atom. The van der Waals surface area contributed by atoms with E-state index in [4.69, 9.17) is 10.3 Å². The second kappa shape index (κ2) is 5.31. The van der Waals surface area contributed by atoms with Gasteiger partial charge in [-0.25, -0.2) is 0 Å². The van der Waals surface area contributed by atoms with Crippen LogP contribution < -0.4 is 5.73 Å². The Morgan fingerprint density at radius 1 is 1.15 bits per heavy atom. The highest BCUT2D eigenvalue weighted by atomic mass is 16.5. The van der Waals surface area contributed by atoms with Crippen LogP contribution in [0.3, 0.4) is 0 Å². The Hall–Kier alpha value is -1.77. The van der Waals surface area contributed by atoms with E-state index in [1.165, 1.54) is 31.2 Å². The zero-order valence-corrected chi connectivity index (χ0v) is 12.2. The molecule has 3 heteroatoms. The fourth-order valence-electron chi connectivity index (χ4n) is 3.12. The van der Waals surface area contributed by atoms with E-state index in [0.29, 0.717) is 17.7 Å². The van der Waals surface area contributed by atoms with E-state index in [-0.39, 0.29) is 0 Å². The van der Waals surface area contributed by atoms with Gasteiger partial charge in [-0.2, -0.15) is 0 Å². The third kappa shape index (κ3) is 2.33. The topological polar surface area (TPSA) is 52.0 Å². The fraction of sp³-hybridized carbons (Fsp3) is 0.471. The molecule has 2 aromatic rings. The molecule has 1 heterocycles. The Morgan fingerprint density at radius 3 is 2.40 bits per heavy atom. The Bertz CT molecular complexity index is 578. The summed E-state index contributed by atoms with van der Waals surface area (Å²) in [6.07, 6.45) is 4.96. The quantitative estimate of drug-likeness (QED) is 0.879. The van der Waals surface area contributed by atoms with Crippen molar-refractivity contribution in [1.82, 2.24) is 5.16 Å². The lowest BCUT2D eigenvalue weighted by Gasteiger charge is -2.10. The first-order valence-electron chi connectivity index (χ1n) is 7.52. The molecule has 3 rings (SSSR count). The van der Waals surface area contributed by atoms with Crippen LogP contribution in [0, 0.1) is 0 Å². The summed E-state index contributed by atoms with van der Waals surface area (Å²) in [5.41, 5.74) is 10.5. The maximum atomic E-state index is 6.01. The molecule has 1 aliphatic rings. The number of benzene rings is 1. The first-order valence-corrected chi connectivity index (χ1v) is 7.52. The zero-order valence-electron chi connectivity index (χ0n) is 12.2. The lowest BCUT2D eigenvalue weighted by molar-refractivity contribution is 0.420. The first-order chi connectivity index (χ1) is 9.66. The van der Waals surface area contributed by atoms with Crippen LogP contribution >= 0.6 is 0 Å². The van der Waals surface area contributed by atoms with Crippen molar-refractivity contribution in [2.24, 2.45) is 0 Å². The summed E-state index contributed by atoms with van der Waals surface area (Å²) in [6.45, 7) is 4.40. The van der Waals surface area contributed by atoms with E-state index in [2.05, 4.69) is 43.3 Å². The van der Waals surface area contributed by atoms with E-state index >= 15 is 0 Å². The van der Waals surface area contributed by atoms with Gasteiger partial charge in [0.1, 0.15) is 0 Å². The van der Waals surface area contributed by atoms with E-state index in [0.717, 1.165) is 16.8 Å². The number of nitrogens with two attached hydrogens (primary N) is 1. The second-order valence-electron chi connectivity index (χ2n) is 6.07. The molecule has 1 aromatic carbocycles. The Kier molecular flexibility index (Phi) is 3.51. The summed E-state index contributed by atoms with van der Waals surface area (Å²) >= 11 is 0. The van der Waals surface area contributed by atoms with Crippen molar-refractivity contribution in [3.05, 3.63) is 35.5 Å². The van der Waals surface area contributed by atoms with Gasteiger partial charge in [0.05, 0.1) is 11.3 Å². The molecule has 1 aromatic heterocycles. The van der Waals surface area contributed by atoms with E-state index in [1.54, 1.807) is 0 Å². The molecule has 1 aliphatic carbocycles. The minimum Gasteiger partial charge on any atom is -0.367 e. The van der Waals surface area contributed by atoms with Crippen LogP contribution in [0.5, 0.6) is 0 Å². The first kappa shape index (κ1) is 13.2. The maximum absolute atomic E-state index is 6.01. The Labute approximate surface area is 120 Å². The van der Waals surface area contributed by atoms with Crippen molar-refractivity contribution < 1.29 is 4.52 Å². The molecule has 0 spiro atoms. The van der Waals surface area contributed by atoms with Crippen molar-refractivity contribution in [2.75, 3.05) is 5.73 Å². The highest BCUT2D eigenvalue weighted by Crippen LogP contribution is 2.41. The normalized spacial score (nSPS) is 16.1. The summed E-state index contributed by atoms with van der Waals surface area (Å²) in [5.74, 6) is 1.50. The molecule has 2 N–H and O–H groups in total. The largest absolute Gasteiger partial charge is 0.367 e. The van der Waals surface area contributed by atoms with Crippen LogP contribution in [0.4, 0.5) is 5.88 Å². The number of rotatable bonds is 3. The van der Waals surface area contributed by atoms with E-state index in [9.17, 15) is 0 Å². The fourth-order valence-corrected chi connectivity index (χ4v) is 3.12. The molecule has 1 fully saturated rings. The minimum absolute atomic E-state index is 0.448. The van der Waals surface area contributed by atoms with Gasteiger partial charge in [-0.05, 0) is 29.9 Å². The molecule has 0 atom stereocenters. The van der Waals surface area contributed by atoms with Crippen molar-refractivity contribution in [1.29, 1.82) is 0 Å². The lowest BCUT2D eigenvalue weighted by atomic mass is 9.94. The van der Waals surface area contributed by atoms with Gasteiger partial charge in [0.15, 0.2) is 0 Å². The third-order valence-corrected chi connectivity index (χ3v) is 4.35. The van der Waals surface area contributed by atoms with Gasteiger partial charge >= 0.3 is 0 Å². The molecule has 0 aliphatic heterocycles. The SMILES string of the molecule is CC(C)c1ccc(-c2c(C3CCCC3)noc2N)cc1. The van der Waals surface area contributed by atoms with Gasteiger partial charge in [-0.1, -0.05) is 56.1 Å². The molecule has 1 saturated carbocycles. The van der Waals surface area contributed by atoms with Crippen LogP contribution in [0.15, 0.2) is 28.8 Å². The molecule has 0 saturated heterocycles. The van der Waals surface area contributed by atoms with Crippen molar-refractivity contribution in [3.8, 4) is 11.1 Å². The minimum atomic E-state index is 0.448. The van der Waals surface area contributed by atoms with Gasteiger partial charge in [-0.3, -0.25) is 0 Å². The molecule has 3 nitrogen and oxygen atoms in total. The monoisotopic (exact) mass is 270 g/mol. The number of hydrogen-bond acceptors (Lipinski definition) is 3. The van der Waals surface area contributed by atoms with Crippen LogP contribution in [0.1, 0.15) is 62.6 Å². The van der Waals surface area contributed by atoms with Crippen LogP contribution in [-0.4, -0.2) is 5.16 Å². The van der Waals surface area contributed by atoms with Crippen LogP contribution in [0.2, 0.25) is 0 Å². The standard InChI is InChI=1S/C17H22N2O/c1-11(2)12-7-9-13(10-8-12)15-16(19-20-17(15)18)14-5-3-4-6-14/h7-11,14H,3-6,18H2,1-2H3. The van der Waals surface area contributed by atoms with Gasteiger partial charge in [0.2, 0.25) is 5.88 Å².